The number of hydrogen-bond acceptors (Lipinski definition) is 5. The number of benzene rings is 1. The smallest absolute Gasteiger partial charge is 0.265 e. The molecule has 0 unspecified atom stereocenters. The predicted molar refractivity (Wildman–Crippen MR) is 93.9 cm³/mol. The van der Waals surface area contributed by atoms with Crippen LogP contribution in [0.1, 0.15) is 6.42 Å². The van der Waals surface area contributed by atoms with Crippen molar-refractivity contribution in [3.05, 3.63) is 23.3 Å². The van der Waals surface area contributed by atoms with Crippen LogP contribution in [0, 0.1) is 23.3 Å². The summed E-state index contributed by atoms with van der Waals surface area (Å²) in [6.45, 7) is -0.0467. The highest BCUT2D eigenvalue weighted by atomic mass is 32.2. The van der Waals surface area contributed by atoms with Gasteiger partial charge in [-0.2, -0.15) is 8.42 Å². The molecule has 1 aromatic carbocycles. The molecule has 1 rings (SSSR count). The Balaban J connectivity index is 2.91. The molecule has 8 nitrogen and oxygen atoms in total. The van der Waals surface area contributed by atoms with Gasteiger partial charge in [0.1, 0.15) is 5.69 Å². The Morgan fingerprint density at radius 3 is 1.86 bits per heavy atom. The second-order valence-corrected chi connectivity index (χ2v) is 9.91. The van der Waals surface area contributed by atoms with Crippen molar-refractivity contribution in [2.75, 3.05) is 51.8 Å². The van der Waals surface area contributed by atoms with Crippen LogP contribution in [0.5, 0.6) is 0 Å². The number of rotatable bonds is 10. The molecular weight excluding hydrogens is 430 g/mol. The average molecular weight is 452 g/mol. The minimum absolute atomic E-state index is 0.0630. The molecule has 0 radical (unpaired) electrons. The van der Waals surface area contributed by atoms with E-state index in [1.165, 1.54) is 0 Å². The Morgan fingerprint density at radius 2 is 1.43 bits per heavy atom. The number of hydrogen-bond donors (Lipinski definition) is 3. The molecule has 0 saturated carbocycles. The van der Waals surface area contributed by atoms with Gasteiger partial charge >= 0.3 is 0 Å². The molecule has 0 aliphatic rings. The fourth-order valence-corrected chi connectivity index (χ4v) is 4.06. The van der Waals surface area contributed by atoms with E-state index in [1.54, 1.807) is 14.1 Å². The Kier molecular flexibility index (Phi) is 7.81. The molecule has 0 amide bonds. The fourth-order valence-electron chi connectivity index (χ4n) is 2.41. The van der Waals surface area contributed by atoms with Gasteiger partial charge in [0.15, 0.2) is 28.2 Å². The topological polar surface area (TPSA) is 113 Å². The van der Waals surface area contributed by atoms with Crippen molar-refractivity contribution in [3.63, 3.8) is 0 Å². The summed E-state index contributed by atoms with van der Waals surface area (Å²) >= 11 is 0. The molecule has 14 heteroatoms. The van der Waals surface area contributed by atoms with Crippen molar-refractivity contribution in [1.29, 1.82) is 0 Å². The van der Waals surface area contributed by atoms with Gasteiger partial charge in [0.25, 0.3) is 10.1 Å². The third-order valence-corrected chi connectivity index (χ3v) is 6.20. The maximum atomic E-state index is 14.0. The zero-order chi connectivity index (χ0) is 21.9. The van der Waals surface area contributed by atoms with E-state index in [-0.39, 0.29) is 30.5 Å². The average Bonchev–Trinajstić information content (AvgIpc) is 2.51. The number of halogens is 4. The summed E-state index contributed by atoms with van der Waals surface area (Å²) in [5, 5.41) is 1.91. The van der Waals surface area contributed by atoms with Crippen LogP contribution in [-0.4, -0.2) is 72.4 Å². The van der Waals surface area contributed by atoms with E-state index in [4.69, 9.17) is 4.55 Å². The van der Waals surface area contributed by atoms with E-state index < -0.39 is 59.7 Å². The van der Waals surface area contributed by atoms with Crippen molar-refractivity contribution >= 4 is 25.8 Å². The lowest BCUT2D eigenvalue weighted by atomic mass is 10.2. The van der Waals surface area contributed by atoms with E-state index in [9.17, 15) is 34.4 Å². The summed E-state index contributed by atoms with van der Waals surface area (Å²) in [6.07, 6.45) is 0.0870. The van der Waals surface area contributed by atoms with Crippen LogP contribution >= 0.6 is 0 Å². The zero-order valence-electron chi connectivity index (χ0n) is 15.4. The molecule has 0 atom stereocenters. The highest BCUT2D eigenvalue weighted by Crippen LogP contribution is 2.30. The van der Waals surface area contributed by atoms with Crippen molar-refractivity contribution in [2.45, 2.75) is 11.3 Å². The second-order valence-electron chi connectivity index (χ2n) is 6.63. The maximum Gasteiger partial charge on any atom is 0.265 e. The molecule has 0 bridgehead atoms. The van der Waals surface area contributed by atoms with Gasteiger partial charge in [-0.05, 0) is 0 Å². The van der Waals surface area contributed by atoms with Crippen molar-refractivity contribution in [2.24, 2.45) is 0 Å². The molecule has 28 heavy (non-hydrogen) atoms. The predicted octanol–water partition coefficient (Wildman–Crippen LogP) is 0.917. The quantitative estimate of drug-likeness (QED) is 0.211. The number of likely N-dealkylation sites (N-methyl/N-ethyl adjacent to an activating group) is 1. The first-order valence-corrected chi connectivity index (χ1v) is 11.0. The van der Waals surface area contributed by atoms with Crippen LogP contribution in [0.25, 0.3) is 0 Å². The molecule has 1 aromatic rings. The number of nitrogens with one attached hydrogen (secondary N) is 2. The maximum absolute atomic E-state index is 14.0. The van der Waals surface area contributed by atoms with Crippen LogP contribution in [0.3, 0.4) is 0 Å². The largest absolute Gasteiger partial charge is 0.383 e. The van der Waals surface area contributed by atoms with Crippen molar-refractivity contribution < 1.29 is 43.4 Å². The van der Waals surface area contributed by atoms with Gasteiger partial charge in [0.2, 0.25) is 10.0 Å². The molecule has 0 spiro atoms. The van der Waals surface area contributed by atoms with Crippen LogP contribution in [0.4, 0.5) is 23.2 Å². The van der Waals surface area contributed by atoms with E-state index in [2.05, 4.69) is 0 Å². The lowest BCUT2D eigenvalue weighted by Crippen LogP contribution is -2.46. The molecule has 0 fully saturated rings. The summed E-state index contributed by atoms with van der Waals surface area (Å²) < 4.78 is 112. The van der Waals surface area contributed by atoms with Crippen LogP contribution in [-0.2, 0) is 20.1 Å². The fraction of sp³-hybridized carbons (Fsp3) is 0.571. The molecule has 0 aliphatic heterocycles. The Labute approximate surface area is 160 Å². The van der Waals surface area contributed by atoms with E-state index >= 15 is 0 Å². The first-order valence-electron chi connectivity index (χ1n) is 7.93. The molecular formula is C14H22F4N3O5S2+. The van der Waals surface area contributed by atoms with Crippen LogP contribution < -0.4 is 10.0 Å². The summed E-state index contributed by atoms with van der Waals surface area (Å²) in [7, 11) is -4.78. The highest BCUT2D eigenvalue weighted by Gasteiger charge is 2.33. The number of nitrogens with zero attached hydrogens (tertiary/aromatic N) is 1. The standard InChI is InChI=1S/C14H21F4N3O5S2/c1-19-13-9(15)11(17)14(12(18)10(13)16)28(25,26)20-5-7-21(2,3)6-4-8-27(22,23)24/h19-20H,4-8H2,1-3H3/p+1. The molecule has 0 aliphatic carbocycles. The van der Waals surface area contributed by atoms with Gasteiger partial charge in [-0.25, -0.2) is 30.7 Å². The number of anilines is 1. The first-order chi connectivity index (χ1) is 12.6. The van der Waals surface area contributed by atoms with Gasteiger partial charge < -0.3 is 9.80 Å². The number of quaternary nitrogens is 1. The molecule has 0 heterocycles. The second kappa shape index (κ2) is 8.90. The first kappa shape index (κ1) is 24.6. The van der Waals surface area contributed by atoms with E-state index in [0.717, 1.165) is 7.05 Å². The monoisotopic (exact) mass is 452 g/mol. The molecule has 0 saturated heterocycles. The molecule has 162 valence electrons. The molecule has 3 N–H and O–H groups in total. The van der Waals surface area contributed by atoms with Crippen LogP contribution in [0.15, 0.2) is 4.90 Å². The van der Waals surface area contributed by atoms with Gasteiger partial charge in [0, 0.05) is 13.5 Å². The highest BCUT2D eigenvalue weighted by molar-refractivity contribution is 7.89. The molecule has 0 aromatic heterocycles. The van der Waals surface area contributed by atoms with Gasteiger partial charge in [-0.3, -0.25) is 4.55 Å². The zero-order valence-corrected chi connectivity index (χ0v) is 17.0. The SMILES string of the molecule is CNc1c(F)c(F)c(S(=O)(=O)NCC[N+](C)(C)CCCS(=O)(=O)O)c(F)c1F. The summed E-state index contributed by atoms with van der Waals surface area (Å²) in [4.78, 5) is -1.77. The minimum atomic E-state index is -4.91. The summed E-state index contributed by atoms with van der Waals surface area (Å²) in [5.41, 5.74) is -1.13. The lowest BCUT2D eigenvalue weighted by Gasteiger charge is -2.29. The van der Waals surface area contributed by atoms with Crippen molar-refractivity contribution in [1.82, 2.24) is 4.72 Å². The van der Waals surface area contributed by atoms with Crippen LogP contribution in [0.2, 0.25) is 0 Å². The minimum Gasteiger partial charge on any atom is -0.383 e. The Morgan fingerprint density at radius 1 is 0.929 bits per heavy atom. The number of sulfonamides is 1. The summed E-state index contributed by atoms with van der Waals surface area (Å²) in [5.74, 6) is -8.34. The van der Waals surface area contributed by atoms with Gasteiger partial charge in [-0.15, -0.1) is 0 Å². The Hall–Kier alpha value is -1.48. The lowest BCUT2D eigenvalue weighted by molar-refractivity contribution is -0.889. The van der Waals surface area contributed by atoms with Gasteiger partial charge in [-0.1, -0.05) is 0 Å². The van der Waals surface area contributed by atoms with E-state index in [0.29, 0.717) is 0 Å². The normalized spacial score (nSPS) is 13.0. The third kappa shape index (κ3) is 6.27. The van der Waals surface area contributed by atoms with Crippen molar-refractivity contribution in [3.8, 4) is 0 Å². The van der Waals surface area contributed by atoms with E-state index in [1.807, 2.05) is 10.0 Å². The Bertz CT molecular complexity index is 908. The van der Waals surface area contributed by atoms with Gasteiger partial charge in [0.05, 0.1) is 39.5 Å². The third-order valence-electron chi connectivity index (χ3n) is 3.92. The summed E-state index contributed by atoms with van der Waals surface area (Å²) in [6, 6.07) is 0.